The number of dihydropyridines is 1. The highest BCUT2D eigenvalue weighted by Gasteiger charge is 2.22. The Morgan fingerprint density at radius 2 is 1.81 bits per heavy atom. The van der Waals surface area contributed by atoms with Crippen molar-refractivity contribution in [3.05, 3.63) is 76.6 Å². The van der Waals surface area contributed by atoms with Crippen LogP contribution in [0.1, 0.15) is 27.9 Å². The summed E-state index contributed by atoms with van der Waals surface area (Å²) in [7, 11) is 0. The maximum Gasteiger partial charge on any atom is 0.251 e. The number of hydrogen-bond acceptors (Lipinski definition) is 3. The van der Waals surface area contributed by atoms with E-state index in [1.54, 1.807) is 0 Å². The summed E-state index contributed by atoms with van der Waals surface area (Å²) in [5.74, 6) is -2.93. The minimum absolute atomic E-state index is 0.175. The van der Waals surface area contributed by atoms with Gasteiger partial charge in [0, 0.05) is 18.2 Å². The second-order valence-electron chi connectivity index (χ2n) is 6.32. The molecule has 0 saturated heterocycles. The molecule has 1 atom stereocenters. The molecule has 2 aromatic carbocycles. The summed E-state index contributed by atoms with van der Waals surface area (Å²) in [5, 5.41) is 0. The third kappa shape index (κ3) is 4.25. The molecule has 4 N–H and O–H groups in total. The molecular formula is C20H18F3N3O. The number of carbonyl (C=O) groups is 1. The average molecular weight is 373 g/mol. The first kappa shape index (κ1) is 18.8. The quantitative estimate of drug-likeness (QED) is 0.845. The Bertz CT molecular complexity index is 933. The fourth-order valence-corrected chi connectivity index (χ4v) is 3.13. The zero-order valence-electron chi connectivity index (χ0n) is 14.4. The van der Waals surface area contributed by atoms with Crippen LogP contribution in [0.15, 0.2) is 47.5 Å². The predicted molar refractivity (Wildman–Crippen MR) is 97.9 cm³/mol. The number of halogens is 3. The number of nitrogens with two attached hydrogens (primary N) is 2. The van der Waals surface area contributed by atoms with E-state index in [0.29, 0.717) is 35.4 Å². The first-order chi connectivity index (χ1) is 12.8. The molecule has 0 bridgehead atoms. The van der Waals surface area contributed by atoms with Gasteiger partial charge in [-0.3, -0.25) is 9.79 Å². The number of amides is 1. The zero-order valence-corrected chi connectivity index (χ0v) is 14.4. The maximum absolute atomic E-state index is 13.8. The number of carbonyl (C=O) groups excluding carboxylic acids is 1. The summed E-state index contributed by atoms with van der Waals surface area (Å²) >= 11 is 0. The summed E-state index contributed by atoms with van der Waals surface area (Å²) < 4.78 is 40.6. The number of primary amides is 1. The monoisotopic (exact) mass is 373 g/mol. The normalized spacial score (nSPS) is 15.1. The van der Waals surface area contributed by atoms with Crippen LogP contribution in [-0.4, -0.2) is 24.2 Å². The van der Waals surface area contributed by atoms with Gasteiger partial charge in [-0.15, -0.1) is 0 Å². The van der Waals surface area contributed by atoms with Gasteiger partial charge in [0.05, 0.1) is 17.3 Å². The Hall–Kier alpha value is -2.93. The Morgan fingerprint density at radius 1 is 1.11 bits per heavy atom. The molecule has 0 aliphatic carbocycles. The average Bonchev–Trinajstić information content (AvgIpc) is 2.61. The molecule has 0 saturated carbocycles. The maximum atomic E-state index is 13.8. The summed E-state index contributed by atoms with van der Waals surface area (Å²) in [6, 6.07) is 6.65. The molecule has 2 aromatic rings. The molecule has 1 unspecified atom stereocenters. The number of nitrogens with zero attached hydrogens (tertiary/aromatic N) is 1. The molecular weight excluding hydrogens is 355 g/mol. The van der Waals surface area contributed by atoms with Crippen molar-refractivity contribution in [2.75, 3.05) is 6.54 Å². The zero-order chi connectivity index (χ0) is 19.6. The van der Waals surface area contributed by atoms with Crippen LogP contribution in [0.3, 0.4) is 0 Å². The first-order valence-electron chi connectivity index (χ1n) is 8.40. The fourth-order valence-electron chi connectivity index (χ4n) is 3.13. The molecule has 1 heterocycles. The standard InChI is InChI=1S/C20H18F3N3O/c21-13-6-11(7-14(22)10-13)8-18(24)19-15(2-1-5-26-19)12-3-4-17(23)16(9-12)20(25)27/h2-4,6-7,9-10,18H,1,5,8,24H2,(H2,25,27). The van der Waals surface area contributed by atoms with E-state index in [1.165, 1.54) is 24.3 Å². The Morgan fingerprint density at radius 3 is 2.48 bits per heavy atom. The van der Waals surface area contributed by atoms with E-state index < -0.39 is 29.4 Å². The van der Waals surface area contributed by atoms with Crippen molar-refractivity contribution in [2.45, 2.75) is 18.9 Å². The van der Waals surface area contributed by atoms with Gasteiger partial charge in [-0.1, -0.05) is 12.1 Å². The highest BCUT2D eigenvalue weighted by molar-refractivity contribution is 6.26. The lowest BCUT2D eigenvalue weighted by atomic mass is 9.90. The van der Waals surface area contributed by atoms with E-state index in [0.717, 1.165) is 12.1 Å². The number of aliphatic imine (C=N–C) groups is 1. The molecule has 1 aliphatic heterocycles. The fraction of sp³-hybridized carbons (Fsp3) is 0.200. The molecule has 7 heteroatoms. The molecule has 0 aromatic heterocycles. The summed E-state index contributed by atoms with van der Waals surface area (Å²) in [4.78, 5) is 15.9. The van der Waals surface area contributed by atoms with Crippen molar-refractivity contribution in [3.8, 4) is 0 Å². The Balaban J connectivity index is 1.90. The second kappa shape index (κ2) is 7.75. The third-order valence-corrected chi connectivity index (χ3v) is 4.31. The Labute approximate surface area is 154 Å². The summed E-state index contributed by atoms with van der Waals surface area (Å²) in [5.41, 5.74) is 13.4. The van der Waals surface area contributed by atoms with Gasteiger partial charge in [-0.05, 0) is 48.2 Å². The lowest BCUT2D eigenvalue weighted by Gasteiger charge is -2.22. The van der Waals surface area contributed by atoms with Gasteiger partial charge < -0.3 is 11.5 Å². The molecule has 0 radical (unpaired) electrons. The highest BCUT2D eigenvalue weighted by Crippen LogP contribution is 2.25. The van der Waals surface area contributed by atoms with Gasteiger partial charge in [0.2, 0.25) is 0 Å². The van der Waals surface area contributed by atoms with E-state index in [2.05, 4.69) is 4.99 Å². The first-order valence-corrected chi connectivity index (χ1v) is 8.40. The van der Waals surface area contributed by atoms with E-state index in [9.17, 15) is 18.0 Å². The van der Waals surface area contributed by atoms with Crippen molar-refractivity contribution in [3.63, 3.8) is 0 Å². The van der Waals surface area contributed by atoms with Crippen LogP contribution in [0, 0.1) is 17.5 Å². The van der Waals surface area contributed by atoms with Crippen molar-refractivity contribution in [2.24, 2.45) is 16.5 Å². The van der Waals surface area contributed by atoms with Gasteiger partial charge in [0.25, 0.3) is 5.91 Å². The highest BCUT2D eigenvalue weighted by atomic mass is 19.1. The van der Waals surface area contributed by atoms with Crippen LogP contribution in [0.5, 0.6) is 0 Å². The largest absolute Gasteiger partial charge is 0.366 e. The van der Waals surface area contributed by atoms with Gasteiger partial charge >= 0.3 is 0 Å². The van der Waals surface area contributed by atoms with E-state index in [-0.39, 0.29) is 12.0 Å². The van der Waals surface area contributed by atoms with Crippen LogP contribution in [0.4, 0.5) is 13.2 Å². The molecule has 1 aliphatic rings. The van der Waals surface area contributed by atoms with Crippen LogP contribution in [-0.2, 0) is 6.42 Å². The smallest absolute Gasteiger partial charge is 0.251 e. The van der Waals surface area contributed by atoms with Crippen LogP contribution in [0.25, 0.3) is 5.57 Å². The van der Waals surface area contributed by atoms with Gasteiger partial charge in [-0.25, -0.2) is 13.2 Å². The molecule has 27 heavy (non-hydrogen) atoms. The molecule has 3 rings (SSSR count). The Kier molecular flexibility index (Phi) is 5.41. The molecule has 1 amide bonds. The van der Waals surface area contributed by atoms with Crippen molar-refractivity contribution in [1.29, 1.82) is 0 Å². The lowest BCUT2D eigenvalue weighted by Crippen LogP contribution is -2.35. The summed E-state index contributed by atoms with van der Waals surface area (Å²) in [6.07, 6.45) is 2.73. The number of rotatable bonds is 5. The lowest BCUT2D eigenvalue weighted by molar-refractivity contribution is 0.0996. The number of benzene rings is 2. The van der Waals surface area contributed by atoms with Crippen LogP contribution in [0.2, 0.25) is 0 Å². The van der Waals surface area contributed by atoms with E-state index in [1.807, 2.05) is 6.08 Å². The van der Waals surface area contributed by atoms with Crippen molar-refractivity contribution < 1.29 is 18.0 Å². The van der Waals surface area contributed by atoms with Gasteiger partial charge in [0.1, 0.15) is 17.5 Å². The van der Waals surface area contributed by atoms with Crippen LogP contribution >= 0.6 is 0 Å². The second-order valence-corrected chi connectivity index (χ2v) is 6.32. The molecule has 0 spiro atoms. The molecule has 140 valence electrons. The van der Waals surface area contributed by atoms with E-state index in [4.69, 9.17) is 11.5 Å². The van der Waals surface area contributed by atoms with E-state index >= 15 is 0 Å². The molecule has 0 fully saturated rings. The minimum atomic E-state index is -0.871. The molecule has 4 nitrogen and oxygen atoms in total. The summed E-state index contributed by atoms with van der Waals surface area (Å²) in [6.45, 7) is 0.522. The van der Waals surface area contributed by atoms with Crippen molar-refractivity contribution >= 4 is 17.2 Å². The van der Waals surface area contributed by atoms with Crippen LogP contribution < -0.4 is 11.5 Å². The van der Waals surface area contributed by atoms with Gasteiger partial charge in [0.15, 0.2) is 0 Å². The number of hydrogen-bond donors (Lipinski definition) is 2. The minimum Gasteiger partial charge on any atom is -0.366 e. The SMILES string of the molecule is NC(=O)c1cc(C2=CCCN=C2C(N)Cc2cc(F)cc(F)c2)ccc1F. The third-order valence-electron chi connectivity index (χ3n) is 4.31. The van der Waals surface area contributed by atoms with Crippen molar-refractivity contribution in [1.82, 2.24) is 0 Å². The van der Waals surface area contributed by atoms with Gasteiger partial charge in [-0.2, -0.15) is 0 Å². The topological polar surface area (TPSA) is 81.5 Å². The predicted octanol–water partition coefficient (Wildman–Crippen LogP) is 3.00.